The zero-order valence-electron chi connectivity index (χ0n) is 23.2. The molecule has 15 heteroatoms. The van der Waals surface area contributed by atoms with Crippen LogP contribution in [0.15, 0.2) is 72.8 Å². The molecule has 1 aliphatic heterocycles. The van der Waals surface area contributed by atoms with E-state index in [1.807, 2.05) is 0 Å². The fraction of sp³-hybridized carbons (Fsp3) is 0.333. The fourth-order valence-corrected chi connectivity index (χ4v) is 7.57. The SMILES string of the molecule is O=C(O)C[C@@H]1O[C@H](c2cccc(Cl)c2)[C@@H](c2ccc(Cl)cc2)N([C@@H](CN(c2ccccc2F)S(=O)(=O)C2CC2)C(F)(F)F)C1=O. The van der Waals surface area contributed by atoms with E-state index < -0.39 is 82.1 Å². The molecule has 4 atom stereocenters. The number of halogens is 6. The van der Waals surface area contributed by atoms with Crippen molar-refractivity contribution in [1.29, 1.82) is 0 Å². The zero-order valence-corrected chi connectivity index (χ0v) is 25.5. The van der Waals surface area contributed by atoms with Crippen LogP contribution in [-0.4, -0.2) is 60.4 Å². The van der Waals surface area contributed by atoms with Gasteiger partial charge in [0.2, 0.25) is 10.0 Å². The lowest BCUT2D eigenvalue weighted by molar-refractivity contribution is -0.222. The first kappa shape index (κ1) is 33.0. The lowest BCUT2D eigenvalue weighted by Gasteiger charge is -2.49. The van der Waals surface area contributed by atoms with Crippen molar-refractivity contribution in [3.05, 3.63) is 99.8 Å². The van der Waals surface area contributed by atoms with Crippen molar-refractivity contribution >= 4 is 50.8 Å². The second kappa shape index (κ2) is 12.8. The largest absolute Gasteiger partial charge is 0.481 e. The summed E-state index contributed by atoms with van der Waals surface area (Å²) < 4.78 is 94.3. The average molecular weight is 690 g/mol. The molecule has 3 aromatic rings. The highest BCUT2D eigenvalue weighted by Gasteiger charge is 2.56. The predicted molar refractivity (Wildman–Crippen MR) is 158 cm³/mol. The van der Waals surface area contributed by atoms with Crippen LogP contribution in [0.2, 0.25) is 10.0 Å². The van der Waals surface area contributed by atoms with Crippen LogP contribution in [0.3, 0.4) is 0 Å². The van der Waals surface area contributed by atoms with Crippen LogP contribution >= 0.6 is 23.2 Å². The Labute approximate surface area is 266 Å². The molecule has 0 aromatic heterocycles. The minimum atomic E-state index is -5.28. The maximum atomic E-state index is 15.3. The third kappa shape index (κ3) is 7.06. The summed E-state index contributed by atoms with van der Waals surface area (Å²) in [6.07, 6.45) is -9.20. The Morgan fingerprint density at radius 2 is 1.67 bits per heavy atom. The number of alkyl halides is 3. The van der Waals surface area contributed by atoms with Gasteiger partial charge in [0, 0.05) is 10.0 Å². The van der Waals surface area contributed by atoms with Crippen molar-refractivity contribution < 1.29 is 45.4 Å². The normalized spacial score (nSPS) is 21.4. The molecule has 3 aromatic carbocycles. The number of para-hydroxylation sites is 1. The molecule has 5 rings (SSSR count). The molecule has 1 amide bonds. The zero-order chi connectivity index (χ0) is 32.7. The minimum Gasteiger partial charge on any atom is -0.481 e. The topological polar surface area (TPSA) is 104 Å². The number of hydrogen-bond donors (Lipinski definition) is 1. The molecule has 0 unspecified atom stereocenters. The Bertz CT molecular complexity index is 1690. The van der Waals surface area contributed by atoms with E-state index in [1.165, 1.54) is 60.7 Å². The van der Waals surface area contributed by atoms with E-state index in [2.05, 4.69) is 0 Å². The first-order valence-corrected chi connectivity index (χ1v) is 16.0. The Balaban J connectivity index is 1.72. The smallest absolute Gasteiger partial charge is 0.410 e. The van der Waals surface area contributed by atoms with Gasteiger partial charge in [0.1, 0.15) is 24.1 Å². The first-order chi connectivity index (χ1) is 21.2. The Morgan fingerprint density at radius 1 is 1.00 bits per heavy atom. The van der Waals surface area contributed by atoms with Gasteiger partial charge in [-0.3, -0.25) is 13.9 Å². The van der Waals surface area contributed by atoms with Crippen LogP contribution in [0.1, 0.15) is 42.5 Å². The third-order valence-corrected chi connectivity index (χ3v) is 10.4. The molecule has 0 spiro atoms. The van der Waals surface area contributed by atoms with Crippen LogP contribution < -0.4 is 4.31 Å². The molecule has 1 saturated heterocycles. The molecule has 2 aliphatic rings. The molecule has 1 N–H and O–H groups in total. The Morgan fingerprint density at radius 3 is 2.24 bits per heavy atom. The predicted octanol–water partition coefficient (Wildman–Crippen LogP) is 6.55. The van der Waals surface area contributed by atoms with Gasteiger partial charge >= 0.3 is 12.1 Å². The van der Waals surface area contributed by atoms with Gasteiger partial charge < -0.3 is 14.7 Å². The van der Waals surface area contributed by atoms with Crippen LogP contribution in [0.4, 0.5) is 23.2 Å². The molecule has 240 valence electrons. The number of carbonyl (C=O) groups excluding carboxylic acids is 1. The van der Waals surface area contributed by atoms with Gasteiger partial charge in [-0.2, -0.15) is 13.2 Å². The number of carboxylic acid groups (broad SMARTS) is 1. The van der Waals surface area contributed by atoms with E-state index in [4.69, 9.17) is 27.9 Å². The van der Waals surface area contributed by atoms with Crippen LogP contribution in [-0.2, 0) is 24.3 Å². The Hall–Kier alpha value is -3.39. The van der Waals surface area contributed by atoms with E-state index in [0.29, 0.717) is 9.21 Å². The minimum absolute atomic E-state index is 0.128. The molecule has 1 heterocycles. The van der Waals surface area contributed by atoms with Crippen molar-refractivity contribution in [3.63, 3.8) is 0 Å². The standard InChI is InChI=1S/C30H26Cl2F4N2O6S/c31-19-10-8-17(9-11-19)27-28(18-4-3-5-20(32)14-18)44-24(15-26(39)40)29(41)38(27)25(30(34,35)36)16-37(45(42,43)21-12-13-21)23-7-2-1-6-22(23)33/h1-11,14,21,24-25,27-28H,12-13,15-16H2,(H,39,40)/t24-,25-,27+,28+/m0/s1. The third-order valence-electron chi connectivity index (χ3n) is 7.60. The van der Waals surface area contributed by atoms with Crippen molar-refractivity contribution in [1.82, 2.24) is 4.90 Å². The highest BCUT2D eigenvalue weighted by atomic mass is 35.5. The maximum Gasteiger partial charge on any atom is 0.410 e. The van der Waals surface area contributed by atoms with Crippen molar-refractivity contribution in [2.75, 3.05) is 10.8 Å². The van der Waals surface area contributed by atoms with E-state index in [9.17, 15) is 23.1 Å². The summed E-state index contributed by atoms with van der Waals surface area (Å²) in [5.74, 6) is -3.93. The summed E-state index contributed by atoms with van der Waals surface area (Å²) in [6.45, 7) is -1.40. The molecule has 2 fully saturated rings. The number of rotatable bonds is 10. The number of sulfonamides is 1. The first-order valence-electron chi connectivity index (χ1n) is 13.7. The summed E-state index contributed by atoms with van der Waals surface area (Å²) >= 11 is 12.3. The van der Waals surface area contributed by atoms with Gasteiger partial charge in [0.25, 0.3) is 5.91 Å². The van der Waals surface area contributed by atoms with Crippen LogP contribution in [0.25, 0.3) is 0 Å². The molecule has 45 heavy (non-hydrogen) atoms. The van der Waals surface area contributed by atoms with E-state index in [1.54, 1.807) is 0 Å². The van der Waals surface area contributed by atoms with Gasteiger partial charge in [-0.25, -0.2) is 12.8 Å². The van der Waals surface area contributed by atoms with Crippen molar-refractivity contribution in [2.24, 2.45) is 0 Å². The molecule has 1 aliphatic carbocycles. The molecule has 0 bridgehead atoms. The number of aliphatic carboxylic acids is 1. The van der Waals surface area contributed by atoms with Gasteiger partial charge in [-0.05, 0) is 60.4 Å². The number of ether oxygens (including phenoxy) is 1. The monoisotopic (exact) mass is 688 g/mol. The fourth-order valence-electron chi connectivity index (χ4n) is 5.39. The number of morpholine rings is 1. The average Bonchev–Trinajstić information content (AvgIpc) is 3.82. The number of hydrogen-bond acceptors (Lipinski definition) is 5. The summed E-state index contributed by atoms with van der Waals surface area (Å²) in [5, 5.41) is 8.95. The van der Waals surface area contributed by atoms with Crippen LogP contribution in [0, 0.1) is 5.82 Å². The lowest BCUT2D eigenvalue weighted by atomic mass is 9.89. The summed E-state index contributed by atoms with van der Waals surface area (Å²) in [5.41, 5.74) is -0.257. The highest BCUT2D eigenvalue weighted by molar-refractivity contribution is 7.93. The van der Waals surface area contributed by atoms with E-state index in [-0.39, 0.29) is 34.0 Å². The van der Waals surface area contributed by atoms with Gasteiger partial charge in [-0.1, -0.05) is 59.6 Å². The molecule has 1 saturated carbocycles. The number of anilines is 1. The van der Waals surface area contributed by atoms with Crippen molar-refractivity contribution in [2.45, 2.75) is 55.0 Å². The number of carbonyl (C=O) groups is 2. The summed E-state index contributed by atoms with van der Waals surface area (Å²) in [7, 11) is -4.51. The number of nitrogens with zero attached hydrogens (tertiary/aromatic N) is 2. The summed E-state index contributed by atoms with van der Waals surface area (Å²) in [6, 6.07) is 11.5. The van der Waals surface area contributed by atoms with Crippen LogP contribution in [0.5, 0.6) is 0 Å². The van der Waals surface area contributed by atoms with Gasteiger partial charge in [0.05, 0.1) is 29.9 Å². The molecule has 8 nitrogen and oxygen atoms in total. The lowest BCUT2D eigenvalue weighted by Crippen LogP contribution is -2.62. The molecular formula is C30H26Cl2F4N2O6S. The molecule has 0 radical (unpaired) electrons. The highest BCUT2D eigenvalue weighted by Crippen LogP contribution is 2.47. The van der Waals surface area contributed by atoms with Crippen molar-refractivity contribution in [3.8, 4) is 0 Å². The van der Waals surface area contributed by atoms with Gasteiger partial charge in [-0.15, -0.1) is 0 Å². The molecular weight excluding hydrogens is 663 g/mol. The van der Waals surface area contributed by atoms with E-state index in [0.717, 1.165) is 12.1 Å². The quantitative estimate of drug-likeness (QED) is 0.243. The second-order valence-corrected chi connectivity index (χ2v) is 13.7. The number of amides is 1. The number of carboxylic acids is 1. The van der Waals surface area contributed by atoms with E-state index >= 15 is 17.6 Å². The second-order valence-electron chi connectivity index (χ2n) is 10.7. The summed E-state index contributed by atoms with van der Waals surface area (Å²) in [4.78, 5) is 26.1. The van der Waals surface area contributed by atoms with Gasteiger partial charge in [0.15, 0.2) is 0 Å². The maximum absolute atomic E-state index is 15.3. The number of benzene rings is 3. The Kier molecular flexibility index (Phi) is 9.37.